The number of aromatic nitrogens is 1. The maximum absolute atomic E-state index is 12.2. The van der Waals surface area contributed by atoms with Crippen molar-refractivity contribution >= 4 is 17.0 Å². The number of nitrogens with zero attached hydrogens (tertiary/aromatic N) is 2. The van der Waals surface area contributed by atoms with Crippen molar-refractivity contribution in [2.45, 2.75) is 12.8 Å². The minimum Gasteiger partial charge on any atom is -0.408 e. The molecule has 0 saturated carbocycles. The van der Waals surface area contributed by atoms with Gasteiger partial charge in [0.15, 0.2) is 5.58 Å². The van der Waals surface area contributed by atoms with Crippen LogP contribution < -0.4 is 5.76 Å². The van der Waals surface area contributed by atoms with Crippen LogP contribution >= 0.6 is 0 Å². The fourth-order valence-corrected chi connectivity index (χ4v) is 2.37. The predicted molar refractivity (Wildman–Crippen MR) is 66.6 cm³/mol. The van der Waals surface area contributed by atoms with E-state index < -0.39 is 5.76 Å². The van der Waals surface area contributed by atoms with Crippen molar-refractivity contribution in [3.63, 3.8) is 0 Å². The molecule has 1 aliphatic rings. The van der Waals surface area contributed by atoms with Crippen molar-refractivity contribution in [3.8, 4) is 0 Å². The highest BCUT2D eigenvalue weighted by Gasteiger charge is 2.20. The maximum atomic E-state index is 12.2. The molecule has 1 saturated heterocycles. The molecular formula is C13H14N2O3. The number of carbonyl (C=O) groups is 1. The Balaban J connectivity index is 2.02. The van der Waals surface area contributed by atoms with Gasteiger partial charge in [-0.2, -0.15) is 0 Å². The normalized spacial score (nSPS) is 15.5. The lowest BCUT2D eigenvalue weighted by molar-refractivity contribution is 0.0793. The van der Waals surface area contributed by atoms with E-state index in [2.05, 4.69) is 0 Å². The van der Waals surface area contributed by atoms with E-state index in [9.17, 15) is 9.59 Å². The first-order chi connectivity index (χ1) is 8.66. The molecular weight excluding hydrogens is 232 g/mol. The van der Waals surface area contributed by atoms with Gasteiger partial charge in [-0.25, -0.2) is 4.79 Å². The summed E-state index contributed by atoms with van der Waals surface area (Å²) in [7, 11) is 1.65. The molecule has 0 radical (unpaired) electrons. The molecule has 3 rings (SSSR count). The summed E-state index contributed by atoms with van der Waals surface area (Å²) in [6, 6.07) is 5.15. The summed E-state index contributed by atoms with van der Waals surface area (Å²) in [6.45, 7) is 1.63. The Morgan fingerprint density at radius 3 is 2.72 bits per heavy atom. The molecule has 18 heavy (non-hydrogen) atoms. The van der Waals surface area contributed by atoms with Gasteiger partial charge in [0.05, 0.1) is 5.52 Å². The predicted octanol–water partition coefficient (Wildman–Crippen LogP) is 1.37. The molecule has 5 heteroatoms. The number of fused-ring (bicyclic) bond motifs is 1. The molecule has 1 aliphatic heterocycles. The minimum atomic E-state index is -0.407. The summed E-state index contributed by atoms with van der Waals surface area (Å²) in [5, 5.41) is 0. The Morgan fingerprint density at radius 2 is 2.00 bits per heavy atom. The summed E-state index contributed by atoms with van der Waals surface area (Å²) in [6.07, 6.45) is 2.13. The van der Waals surface area contributed by atoms with Crippen LogP contribution in [0.4, 0.5) is 0 Å². The number of oxazole rings is 1. The van der Waals surface area contributed by atoms with E-state index in [0.29, 0.717) is 16.7 Å². The van der Waals surface area contributed by atoms with Crippen LogP contribution in [-0.4, -0.2) is 28.5 Å². The van der Waals surface area contributed by atoms with E-state index in [0.717, 1.165) is 25.9 Å². The Bertz CT molecular complexity index is 662. The lowest BCUT2D eigenvalue weighted by atomic mass is 10.2. The number of carbonyl (C=O) groups excluding carboxylic acids is 1. The zero-order valence-corrected chi connectivity index (χ0v) is 10.2. The van der Waals surface area contributed by atoms with E-state index in [-0.39, 0.29) is 5.91 Å². The molecule has 1 amide bonds. The van der Waals surface area contributed by atoms with Crippen molar-refractivity contribution in [2.75, 3.05) is 13.1 Å². The number of rotatable bonds is 1. The van der Waals surface area contributed by atoms with E-state index in [1.54, 1.807) is 25.2 Å². The molecule has 0 bridgehead atoms. The monoisotopic (exact) mass is 246 g/mol. The highest BCUT2D eigenvalue weighted by molar-refractivity contribution is 5.97. The van der Waals surface area contributed by atoms with Gasteiger partial charge in [-0.3, -0.25) is 9.36 Å². The summed E-state index contributed by atoms with van der Waals surface area (Å²) >= 11 is 0. The van der Waals surface area contributed by atoms with Crippen LogP contribution in [0.3, 0.4) is 0 Å². The first-order valence-corrected chi connectivity index (χ1v) is 6.06. The van der Waals surface area contributed by atoms with Crippen LogP contribution in [-0.2, 0) is 7.05 Å². The second-order valence-corrected chi connectivity index (χ2v) is 4.61. The Hall–Kier alpha value is -2.04. The molecule has 0 N–H and O–H groups in total. The van der Waals surface area contributed by atoms with Gasteiger partial charge in [0.25, 0.3) is 5.91 Å². The molecule has 2 heterocycles. The smallest absolute Gasteiger partial charge is 0.408 e. The van der Waals surface area contributed by atoms with Gasteiger partial charge in [-0.15, -0.1) is 0 Å². The number of benzene rings is 1. The second kappa shape index (κ2) is 4.01. The Labute approximate surface area is 104 Å². The number of likely N-dealkylation sites (tertiary alicyclic amines) is 1. The molecule has 94 valence electrons. The lowest BCUT2D eigenvalue weighted by Crippen LogP contribution is -2.27. The van der Waals surface area contributed by atoms with Crippen molar-refractivity contribution in [2.24, 2.45) is 7.05 Å². The van der Waals surface area contributed by atoms with Gasteiger partial charge in [0.1, 0.15) is 0 Å². The third kappa shape index (κ3) is 1.63. The van der Waals surface area contributed by atoms with Crippen LogP contribution in [0.15, 0.2) is 27.4 Å². The molecule has 0 unspecified atom stereocenters. The molecule has 5 nitrogen and oxygen atoms in total. The van der Waals surface area contributed by atoms with E-state index >= 15 is 0 Å². The number of hydrogen-bond donors (Lipinski definition) is 0. The fourth-order valence-electron chi connectivity index (χ4n) is 2.37. The Kier molecular flexibility index (Phi) is 2.47. The average molecular weight is 246 g/mol. The van der Waals surface area contributed by atoms with Gasteiger partial charge in [-0.1, -0.05) is 0 Å². The average Bonchev–Trinajstić information content (AvgIpc) is 2.98. The fraction of sp³-hybridized carbons (Fsp3) is 0.385. The van der Waals surface area contributed by atoms with Crippen LogP contribution in [0.25, 0.3) is 11.1 Å². The number of hydrogen-bond acceptors (Lipinski definition) is 3. The van der Waals surface area contributed by atoms with Crippen molar-refractivity contribution in [1.29, 1.82) is 0 Å². The standard InChI is InChI=1S/C13H14N2O3/c1-14-10-5-4-9(8-11(10)18-13(14)17)12(16)15-6-2-3-7-15/h4-5,8H,2-3,6-7H2,1H3. The maximum Gasteiger partial charge on any atom is 0.419 e. The SMILES string of the molecule is Cn1c(=O)oc2cc(C(=O)N3CCCC3)ccc21. The van der Waals surface area contributed by atoms with Crippen LogP contribution in [0.1, 0.15) is 23.2 Å². The number of aryl methyl sites for hydroxylation is 1. The van der Waals surface area contributed by atoms with Gasteiger partial charge in [0.2, 0.25) is 0 Å². The van der Waals surface area contributed by atoms with Crippen molar-refractivity contribution in [1.82, 2.24) is 9.47 Å². The zero-order valence-electron chi connectivity index (χ0n) is 10.2. The van der Waals surface area contributed by atoms with Crippen LogP contribution in [0, 0.1) is 0 Å². The van der Waals surface area contributed by atoms with E-state index in [4.69, 9.17) is 4.42 Å². The van der Waals surface area contributed by atoms with Gasteiger partial charge in [0, 0.05) is 25.7 Å². The second-order valence-electron chi connectivity index (χ2n) is 4.61. The highest BCUT2D eigenvalue weighted by Crippen LogP contribution is 2.18. The molecule has 1 fully saturated rings. The van der Waals surface area contributed by atoms with Gasteiger partial charge >= 0.3 is 5.76 Å². The molecule has 1 aromatic heterocycles. The topological polar surface area (TPSA) is 55.5 Å². The lowest BCUT2D eigenvalue weighted by Gasteiger charge is -2.14. The third-order valence-electron chi connectivity index (χ3n) is 3.43. The Morgan fingerprint density at radius 1 is 1.28 bits per heavy atom. The van der Waals surface area contributed by atoms with Crippen molar-refractivity contribution < 1.29 is 9.21 Å². The minimum absolute atomic E-state index is 0.0147. The highest BCUT2D eigenvalue weighted by atomic mass is 16.4. The van der Waals surface area contributed by atoms with Crippen LogP contribution in [0.2, 0.25) is 0 Å². The molecule has 0 spiro atoms. The van der Waals surface area contributed by atoms with E-state index in [1.807, 2.05) is 4.90 Å². The first-order valence-electron chi connectivity index (χ1n) is 6.06. The van der Waals surface area contributed by atoms with Crippen LogP contribution in [0.5, 0.6) is 0 Å². The molecule has 0 aliphatic carbocycles. The number of amides is 1. The molecule has 1 aromatic carbocycles. The van der Waals surface area contributed by atoms with E-state index in [1.165, 1.54) is 4.57 Å². The summed E-state index contributed by atoms with van der Waals surface area (Å²) in [5.74, 6) is -0.392. The molecule has 2 aromatic rings. The largest absolute Gasteiger partial charge is 0.419 e. The first kappa shape index (κ1) is 11.1. The van der Waals surface area contributed by atoms with Crippen molar-refractivity contribution in [3.05, 3.63) is 34.3 Å². The van der Waals surface area contributed by atoms with Gasteiger partial charge in [-0.05, 0) is 31.0 Å². The quantitative estimate of drug-likeness (QED) is 0.763. The molecule has 0 atom stereocenters. The van der Waals surface area contributed by atoms with Gasteiger partial charge < -0.3 is 9.32 Å². The summed E-state index contributed by atoms with van der Waals surface area (Å²) in [4.78, 5) is 25.4. The zero-order chi connectivity index (χ0) is 12.7. The summed E-state index contributed by atoms with van der Waals surface area (Å²) in [5.41, 5.74) is 1.75. The summed E-state index contributed by atoms with van der Waals surface area (Å²) < 4.78 is 6.52. The third-order valence-corrected chi connectivity index (χ3v) is 3.43.